The van der Waals surface area contributed by atoms with Gasteiger partial charge in [0.15, 0.2) is 0 Å². The Balaban J connectivity index is 2.88. The van der Waals surface area contributed by atoms with Gasteiger partial charge in [0.1, 0.15) is 17.4 Å². The fourth-order valence-electron chi connectivity index (χ4n) is 2.14. The summed E-state index contributed by atoms with van der Waals surface area (Å²) in [5.74, 6) is -0.881. The van der Waals surface area contributed by atoms with E-state index in [0.717, 1.165) is 19.5 Å². The molecule has 108 valence electrons. The van der Waals surface area contributed by atoms with Crippen LogP contribution in [0.15, 0.2) is 12.1 Å². The van der Waals surface area contributed by atoms with Crippen molar-refractivity contribution in [2.75, 3.05) is 20.2 Å². The van der Waals surface area contributed by atoms with Crippen molar-refractivity contribution >= 4 is 0 Å². The molecule has 0 aliphatic heterocycles. The summed E-state index contributed by atoms with van der Waals surface area (Å²) in [4.78, 5) is 0. The summed E-state index contributed by atoms with van der Waals surface area (Å²) in [5.41, 5.74) is -0.423. The van der Waals surface area contributed by atoms with Crippen LogP contribution in [0.4, 0.5) is 8.78 Å². The van der Waals surface area contributed by atoms with E-state index in [4.69, 9.17) is 4.74 Å². The van der Waals surface area contributed by atoms with Crippen molar-refractivity contribution in [2.45, 2.75) is 39.0 Å². The van der Waals surface area contributed by atoms with Crippen molar-refractivity contribution in [3.05, 3.63) is 29.3 Å². The van der Waals surface area contributed by atoms with Crippen LogP contribution in [0, 0.1) is 11.6 Å². The summed E-state index contributed by atoms with van der Waals surface area (Å²) in [6, 6.07) is 2.47. The first-order valence-electron chi connectivity index (χ1n) is 6.66. The Morgan fingerprint density at radius 2 is 1.74 bits per heavy atom. The molecule has 4 heteroatoms. The SMILES string of the molecule is CCCNCCC(C)(C)c1c(F)cc(OC)cc1F. The Morgan fingerprint density at radius 3 is 2.21 bits per heavy atom. The van der Waals surface area contributed by atoms with E-state index >= 15 is 0 Å². The van der Waals surface area contributed by atoms with Gasteiger partial charge in [0.2, 0.25) is 0 Å². The number of benzene rings is 1. The number of ether oxygens (including phenoxy) is 1. The Kier molecular flexibility index (Phi) is 5.73. The van der Waals surface area contributed by atoms with Gasteiger partial charge >= 0.3 is 0 Å². The Morgan fingerprint density at radius 1 is 1.16 bits per heavy atom. The summed E-state index contributed by atoms with van der Waals surface area (Å²) in [6.07, 6.45) is 1.72. The van der Waals surface area contributed by atoms with Gasteiger partial charge in [0.25, 0.3) is 0 Å². The van der Waals surface area contributed by atoms with Crippen LogP contribution in [0.25, 0.3) is 0 Å². The summed E-state index contributed by atoms with van der Waals surface area (Å²) in [5, 5.41) is 3.25. The van der Waals surface area contributed by atoms with Crippen molar-refractivity contribution in [2.24, 2.45) is 0 Å². The van der Waals surface area contributed by atoms with Crippen LogP contribution in [-0.2, 0) is 5.41 Å². The minimum atomic E-state index is -0.554. The summed E-state index contributed by atoms with van der Waals surface area (Å²) in [7, 11) is 1.40. The van der Waals surface area contributed by atoms with Crippen LogP contribution >= 0.6 is 0 Å². The van der Waals surface area contributed by atoms with Crippen molar-refractivity contribution in [1.82, 2.24) is 5.32 Å². The minimum absolute atomic E-state index is 0.131. The van der Waals surface area contributed by atoms with E-state index in [0.29, 0.717) is 6.42 Å². The molecule has 1 N–H and O–H groups in total. The van der Waals surface area contributed by atoms with Crippen LogP contribution < -0.4 is 10.1 Å². The molecule has 0 heterocycles. The fraction of sp³-hybridized carbons (Fsp3) is 0.600. The maximum Gasteiger partial charge on any atom is 0.133 e. The molecule has 1 rings (SSSR count). The molecule has 19 heavy (non-hydrogen) atoms. The second-order valence-electron chi connectivity index (χ2n) is 5.35. The third kappa shape index (κ3) is 4.16. The summed E-state index contributed by atoms with van der Waals surface area (Å²) < 4.78 is 32.9. The normalized spacial score (nSPS) is 11.7. The van der Waals surface area contributed by atoms with Crippen LogP contribution in [0.1, 0.15) is 39.2 Å². The highest BCUT2D eigenvalue weighted by Crippen LogP contribution is 2.33. The van der Waals surface area contributed by atoms with Gasteiger partial charge in [-0.25, -0.2) is 8.78 Å². The molecule has 1 aromatic carbocycles. The lowest BCUT2D eigenvalue weighted by atomic mass is 9.80. The predicted octanol–water partition coefficient (Wildman–Crippen LogP) is 3.64. The van der Waals surface area contributed by atoms with E-state index in [1.165, 1.54) is 19.2 Å². The van der Waals surface area contributed by atoms with E-state index in [2.05, 4.69) is 12.2 Å². The van der Waals surface area contributed by atoms with E-state index in [-0.39, 0.29) is 11.3 Å². The smallest absolute Gasteiger partial charge is 0.133 e. The monoisotopic (exact) mass is 271 g/mol. The number of methoxy groups -OCH3 is 1. The van der Waals surface area contributed by atoms with Crippen molar-refractivity contribution in [1.29, 1.82) is 0 Å². The molecular weight excluding hydrogens is 248 g/mol. The largest absolute Gasteiger partial charge is 0.497 e. The molecule has 0 aromatic heterocycles. The molecule has 0 fully saturated rings. The molecule has 0 amide bonds. The average Bonchev–Trinajstić information content (AvgIpc) is 2.33. The molecule has 0 saturated heterocycles. The number of hydrogen-bond acceptors (Lipinski definition) is 2. The first-order valence-corrected chi connectivity index (χ1v) is 6.66. The van der Waals surface area contributed by atoms with Crippen LogP contribution in [0.5, 0.6) is 5.75 Å². The number of nitrogens with one attached hydrogen (secondary N) is 1. The Labute approximate surface area is 114 Å². The standard InChI is InChI=1S/C15H23F2NO/c1-5-7-18-8-6-15(2,3)14-12(16)9-11(19-4)10-13(14)17/h9-10,18H,5-8H2,1-4H3. The zero-order valence-electron chi connectivity index (χ0n) is 12.1. The van der Waals surface area contributed by atoms with Crippen LogP contribution in [0.2, 0.25) is 0 Å². The maximum absolute atomic E-state index is 14.0. The van der Waals surface area contributed by atoms with Crippen molar-refractivity contribution in [3.8, 4) is 5.75 Å². The zero-order chi connectivity index (χ0) is 14.5. The Bertz CT molecular complexity index is 396. The molecule has 0 unspecified atom stereocenters. The van der Waals surface area contributed by atoms with Crippen LogP contribution in [0.3, 0.4) is 0 Å². The minimum Gasteiger partial charge on any atom is -0.497 e. The van der Waals surface area contributed by atoms with Gasteiger partial charge in [0.05, 0.1) is 7.11 Å². The topological polar surface area (TPSA) is 21.3 Å². The van der Waals surface area contributed by atoms with E-state index in [1.54, 1.807) is 0 Å². The van der Waals surface area contributed by atoms with Gasteiger partial charge in [-0.15, -0.1) is 0 Å². The van der Waals surface area contributed by atoms with Crippen molar-refractivity contribution < 1.29 is 13.5 Å². The van der Waals surface area contributed by atoms with Crippen molar-refractivity contribution in [3.63, 3.8) is 0 Å². The predicted molar refractivity (Wildman–Crippen MR) is 73.7 cm³/mol. The molecule has 0 radical (unpaired) electrons. The summed E-state index contributed by atoms with van der Waals surface area (Å²) >= 11 is 0. The first-order chi connectivity index (χ1) is 8.92. The third-order valence-corrected chi connectivity index (χ3v) is 3.28. The highest BCUT2D eigenvalue weighted by atomic mass is 19.1. The fourth-order valence-corrected chi connectivity index (χ4v) is 2.14. The second-order valence-corrected chi connectivity index (χ2v) is 5.35. The van der Waals surface area contributed by atoms with E-state index in [1.807, 2.05) is 13.8 Å². The molecule has 0 aliphatic rings. The third-order valence-electron chi connectivity index (χ3n) is 3.28. The lowest BCUT2D eigenvalue weighted by Gasteiger charge is -2.26. The molecule has 0 spiro atoms. The lowest BCUT2D eigenvalue weighted by Crippen LogP contribution is -2.27. The van der Waals surface area contributed by atoms with Gasteiger partial charge in [-0.2, -0.15) is 0 Å². The van der Waals surface area contributed by atoms with Gasteiger partial charge in [0, 0.05) is 17.7 Å². The quantitative estimate of drug-likeness (QED) is 0.764. The highest BCUT2D eigenvalue weighted by molar-refractivity contribution is 5.34. The maximum atomic E-state index is 14.0. The molecule has 2 nitrogen and oxygen atoms in total. The average molecular weight is 271 g/mol. The van der Waals surface area contributed by atoms with E-state index in [9.17, 15) is 8.78 Å². The molecule has 0 saturated carbocycles. The number of hydrogen-bond donors (Lipinski definition) is 1. The van der Waals surface area contributed by atoms with Crippen LogP contribution in [-0.4, -0.2) is 20.2 Å². The van der Waals surface area contributed by atoms with E-state index < -0.39 is 17.0 Å². The van der Waals surface area contributed by atoms with Gasteiger partial charge in [-0.1, -0.05) is 20.8 Å². The molecule has 0 atom stereocenters. The lowest BCUT2D eigenvalue weighted by molar-refractivity contribution is 0.386. The number of halogens is 2. The molecule has 0 bridgehead atoms. The molecular formula is C15H23F2NO. The number of rotatable bonds is 7. The van der Waals surface area contributed by atoms with Gasteiger partial charge < -0.3 is 10.1 Å². The van der Waals surface area contributed by atoms with Gasteiger partial charge in [-0.3, -0.25) is 0 Å². The van der Waals surface area contributed by atoms with Gasteiger partial charge in [-0.05, 0) is 31.3 Å². The molecule has 0 aliphatic carbocycles. The Hall–Kier alpha value is -1.16. The zero-order valence-corrected chi connectivity index (χ0v) is 12.1. The second kappa shape index (κ2) is 6.85. The first kappa shape index (κ1) is 15.9. The summed E-state index contributed by atoms with van der Waals surface area (Å²) in [6.45, 7) is 7.46. The highest BCUT2D eigenvalue weighted by Gasteiger charge is 2.28. The molecule has 1 aromatic rings.